The third kappa shape index (κ3) is 11.8. The first-order valence-electron chi connectivity index (χ1n) is 20.4. The summed E-state index contributed by atoms with van der Waals surface area (Å²) in [6, 6.07) is 48.8. The minimum absolute atomic E-state index is 0.116. The van der Waals surface area contributed by atoms with Crippen LogP contribution in [-0.2, 0) is 33.1 Å². The molecule has 0 heterocycles. The number of nitrogens with zero attached hydrogens (tertiary/aromatic N) is 2. The fraction of sp³-hybridized carbons (Fsp3) is 0.224. The van der Waals surface area contributed by atoms with Gasteiger partial charge in [-0.05, 0) is 98.5 Å². The van der Waals surface area contributed by atoms with Crippen molar-refractivity contribution in [3.8, 4) is 0 Å². The highest BCUT2D eigenvalue weighted by Gasteiger charge is 2.28. The van der Waals surface area contributed by atoms with Crippen LogP contribution in [0.1, 0.15) is 71.4 Å². The van der Waals surface area contributed by atoms with E-state index in [2.05, 4.69) is 10.6 Å². The van der Waals surface area contributed by atoms with Crippen molar-refractivity contribution < 1.29 is 31.5 Å². The number of carbonyl (C=O) groups excluding carboxylic acids is 2. The summed E-state index contributed by atoms with van der Waals surface area (Å²) < 4.78 is 56.7. The second kappa shape index (κ2) is 20.5. The third-order valence-electron chi connectivity index (χ3n) is 10.3. The van der Waals surface area contributed by atoms with Gasteiger partial charge in [-0.3, -0.25) is 18.2 Å². The molecule has 3 N–H and O–H groups in total. The Labute approximate surface area is 365 Å². The maximum Gasteiger partial charge on any atom is 0.264 e. The van der Waals surface area contributed by atoms with Crippen molar-refractivity contribution in [2.45, 2.75) is 74.0 Å². The Morgan fingerprint density at radius 1 is 0.565 bits per heavy atom. The van der Waals surface area contributed by atoms with Crippen molar-refractivity contribution in [1.82, 2.24) is 10.6 Å². The number of rotatable bonds is 15. The number of nitrogens with one attached hydrogen (secondary N) is 2. The number of sulfonamides is 2. The molecule has 0 aliphatic heterocycles. The smallest absolute Gasteiger partial charge is 0.264 e. The fourth-order valence-corrected chi connectivity index (χ4v) is 9.86. The molecule has 6 aromatic carbocycles. The predicted octanol–water partition coefficient (Wildman–Crippen LogP) is 8.34. The Morgan fingerprint density at radius 3 is 1.35 bits per heavy atom. The Hall–Kier alpha value is -6.28. The highest BCUT2D eigenvalue weighted by atomic mass is 32.2. The number of amides is 2. The normalized spacial score (nSPS) is 13.0. The number of benzene rings is 6. The highest BCUT2D eigenvalue weighted by molar-refractivity contribution is 7.93. The van der Waals surface area contributed by atoms with Gasteiger partial charge in [-0.2, -0.15) is 0 Å². The van der Waals surface area contributed by atoms with Crippen molar-refractivity contribution in [2.24, 2.45) is 0 Å². The molecule has 13 heteroatoms. The van der Waals surface area contributed by atoms with Crippen LogP contribution in [0.25, 0.3) is 0 Å². The average Bonchev–Trinajstić information content (AvgIpc) is 3.82. The predicted molar refractivity (Wildman–Crippen MR) is 244 cm³/mol. The molecule has 0 unspecified atom stereocenters. The molecule has 2 amide bonds. The molecule has 0 radical (unpaired) electrons. The van der Waals surface area contributed by atoms with Crippen molar-refractivity contribution in [3.05, 3.63) is 192 Å². The zero-order valence-corrected chi connectivity index (χ0v) is 36.4. The van der Waals surface area contributed by atoms with Gasteiger partial charge in [-0.15, -0.1) is 0 Å². The van der Waals surface area contributed by atoms with Crippen molar-refractivity contribution in [2.75, 3.05) is 15.2 Å². The van der Waals surface area contributed by atoms with E-state index in [-0.39, 0.29) is 41.4 Å². The van der Waals surface area contributed by atoms with Crippen LogP contribution in [0, 0.1) is 0 Å². The van der Waals surface area contributed by atoms with E-state index in [1.165, 1.54) is 8.61 Å². The summed E-state index contributed by atoms with van der Waals surface area (Å²) in [5.74, 6) is -0.553. The molecule has 1 fully saturated rings. The standard InChI is InChI=1S/C25H26N2O3S.C24H26N2O4S/c28-25(26-22-13-7-8-14-22)21-12-9-15-23(18-21)27(19-20-10-3-1-4-11-20)31(29,30)24-16-5-2-6-17-24;1-24(2,18-27)25-23(28)20-12-9-13-21(16-20)26(17-19-10-5-3-6-11-19)31(29,30)22-14-7-4-8-15-22/h1-6,9-12,15-18,22H,7-8,13-14,19H2,(H,26,28);3-16,27H,17-18H2,1-2H3,(H,25,28). The van der Waals surface area contributed by atoms with Gasteiger partial charge in [0.1, 0.15) is 0 Å². The van der Waals surface area contributed by atoms with Gasteiger partial charge in [0.25, 0.3) is 31.9 Å². The Kier molecular flexibility index (Phi) is 15.0. The molecular formula is C49H52N4O7S2. The lowest BCUT2D eigenvalue weighted by Gasteiger charge is -2.26. The lowest BCUT2D eigenvalue weighted by atomic mass is 10.1. The molecule has 6 aromatic rings. The van der Waals surface area contributed by atoms with Crippen molar-refractivity contribution >= 4 is 43.2 Å². The van der Waals surface area contributed by atoms with Crippen LogP contribution in [-0.4, -0.2) is 51.9 Å². The molecule has 1 aliphatic carbocycles. The molecule has 1 saturated carbocycles. The lowest BCUT2D eigenvalue weighted by Crippen LogP contribution is -2.46. The van der Waals surface area contributed by atoms with Crippen LogP contribution in [0.15, 0.2) is 180 Å². The summed E-state index contributed by atoms with van der Waals surface area (Å²) in [6.07, 6.45) is 4.25. The first-order valence-corrected chi connectivity index (χ1v) is 23.3. The zero-order chi connectivity index (χ0) is 44.2. The van der Waals surface area contributed by atoms with Crippen LogP contribution < -0.4 is 19.2 Å². The summed E-state index contributed by atoms with van der Waals surface area (Å²) in [5, 5.41) is 15.3. The van der Waals surface area contributed by atoms with Crippen LogP contribution >= 0.6 is 0 Å². The van der Waals surface area contributed by atoms with Crippen molar-refractivity contribution in [3.63, 3.8) is 0 Å². The first-order chi connectivity index (χ1) is 29.8. The summed E-state index contributed by atoms with van der Waals surface area (Å²) in [7, 11) is -7.69. The van der Waals surface area contributed by atoms with E-state index in [0.29, 0.717) is 22.5 Å². The van der Waals surface area contributed by atoms with Gasteiger partial charge in [-0.1, -0.05) is 122 Å². The number of aliphatic hydroxyl groups is 1. The molecule has 7 rings (SSSR count). The molecule has 1 aliphatic rings. The molecule has 0 saturated heterocycles. The lowest BCUT2D eigenvalue weighted by molar-refractivity contribution is 0.0868. The van der Waals surface area contributed by atoms with Crippen LogP contribution in [0.4, 0.5) is 11.4 Å². The van der Waals surface area contributed by atoms with E-state index in [1.807, 2.05) is 60.7 Å². The van der Waals surface area contributed by atoms with Gasteiger partial charge < -0.3 is 15.7 Å². The molecule has 0 aromatic heterocycles. The van der Waals surface area contributed by atoms with Crippen molar-refractivity contribution in [1.29, 1.82) is 0 Å². The Balaban J connectivity index is 0.000000207. The maximum atomic E-state index is 13.5. The van der Waals surface area contributed by atoms with E-state index in [1.54, 1.807) is 123 Å². The zero-order valence-electron chi connectivity index (χ0n) is 34.8. The SMILES string of the molecule is CC(C)(CO)NC(=O)c1cccc(N(Cc2ccccc2)S(=O)(=O)c2ccccc2)c1.O=C(NC1CCCC1)c1cccc(N(Cc2ccccc2)S(=O)(=O)c2ccccc2)c1. The molecular weight excluding hydrogens is 821 g/mol. The average molecular weight is 873 g/mol. The number of anilines is 2. The topological polar surface area (TPSA) is 153 Å². The number of carbonyl (C=O) groups is 2. The minimum Gasteiger partial charge on any atom is -0.394 e. The third-order valence-corrected chi connectivity index (χ3v) is 13.9. The Morgan fingerprint density at radius 2 is 0.952 bits per heavy atom. The monoisotopic (exact) mass is 872 g/mol. The Bertz CT molecular complexity index is 2630. The molecule has 62 heavy (non-hydrogen) atoms. The van der Waals surface area contributed by atoms with Gasteiger partial charge in [-0.25, -0.2) is 16.8 Å². The molecule has 0 atom stereocenters. The van der Waals surface area contributed by atoms with Crippen LogP contribution in [0.5, 0.6) is 0 Å². The summed E-state index contributed by atoms with van der Waals surface area (Å²) >= 11 is 0. The van der Waals surface area contributed by atoms with Crippen LogP contribution in [0.3, 0.4) is 0 Å². The van der Waals surface area contributed by atoms with Gasteiger partial charge in [0.05, 0.1) is 46.4 Å². The molecule has 0 spiro atoms. The first kappa shape index (κ1) is 45.3. The van der Waals surface area contributed by atoms with Gasteiger partial charge in [0, 0.05) is 17.2 Å². The molecule has 322 valence electrons. The number of hydrogen-bond acceptors (Lipinski definition) is 7. The van der Waals surface area contributed by atoms with E-state index < -0.39 is 31.5 Å². The van der Waals surface area contributed by atoms with Gasteiger partial charge in [0.2, 0.25) is 0 Å². The van der Waals surface area contributed by atoms with E-state index >= 15 is 0 Å². The summed E-state index contributed by atoms with van der Waals surface area (Å²) in [5.41, 5.74) is 2.49. The summed E-state index contributed by atoms with van der Waals surface area (Å²) in [6.45, 7) is 3.48. The fourth-order valence-electron chi connectivity index (χ4n) is 6.93. The second-order valence-corrected chi connectivity index (χ2v) is 19.4. The van der Waals surface area contributed by atoms with Gasteiger partial charge in [0.15, 0.2) is 0 Å². The molecule has 11 nitrogen and oxygen atoms in total. The molecule has 0 bridgehead atoms. The van der Waals surface area contributed by atoms with E-state index in [4.69, 9.17) is 0 Å². The number of hydrogen-bond donors (Lipinski definition) is 3. The quantitative estimate of drug-likeness (QED) is 0.0938. The number of aliphatic hydroxyl groups excluding tert-OH is 1. The largest absolute Gasteiger partial charge is 0.394 e. The summed E-state index contributed by atoms with van der Waals surface area (Å²) in [4.78, 5) is 25.8. The van der Waals surface area contributed by atoms with E-state index in [9.17, 15) is 31.5 Å². The maximum absolute atomic E-state index is 13.5. The van der Waals surface area contributed by atoms with Gasteiger partial charge >= 0.3 is 0 Å². The second-order valence-electron chi connectivity index (χ2n) is 15.7. The van der Waals surface area contributed by atoms with E-state index in [0.717, 1.165) is 36.8 Å². The van der Waals surface area contributed by atoms with Crippen LogP contribution in [0.2, 0.25) is 0 Å². The highest BCUT2D eigenvalue weighted by Crippen LogP contribution is 2.29. The minimum atomic E-state index is -3.87.